The van der Waals surface area contributed by atoms with Gasteiger partial charge in [0.15, 0.2) is 0 Å². The summed E-state index contributed by atoms with van der Waals surface area (Å²) in [5, 5.41) is 2.45. The normalized spacial score (nSPS) is 14.3. The molecule has 0 spiro atoms. The van der Waals surface area contributed by atoms with Crippen molar-refractivity contribution in [1.82, 2.24) is 9.88 Å². The van der Waals surface area contributed by atoms with Crippen LogP contribution in [-0.2, 0) is 6.54 Å². The van der Waals surface area contributed by atoms with Gasteiger partial charge in [0.05, 0.1) is 10.0 Å². The fraction of sp³-hybridized carbons (Fsp3) is 0.250. The van der Waals surface area contributed by atoms with Gasteiger partial charge in [0, 0.05) is 18.3 Å². The number of rotatable bonds is 1. The van der Waals surface area contributed by atoms with Crippen molar-refractivity contribution in [3.05, 3.63) is 32.2 Å². The Morgan fingerprint density at radius 2 is 2.13 bits per heavy atom. The Bertz CT molecular complexity index is 498. The minimum Gasteiger partial charge on any atom is -0.348 e. The third-order valence-corrected chi connectivity index (χ3v) is 2.98. The molecule has 1 amide bonds. The van der Waals surface area contributed by atoms with Crippen LogP contribution in [0.3, 0.4) is 0 Å². The van der Waals surface area contributed by atoms with Crippen LogP contribution in [0.15, 0.2) is 15.5 Å². The Morgan fingerprint density at radius 1 is 1.47 bits per heavy atom. The first-order chi connectivity index (χ1) is 7.02. The molecule has 1 N–H and O–H groups in total. The smallest absolute Gasteiger partial charge is 0.321 e. The van der Waals surface area contributed by atoms with E-state index in [1.54, 1.807) is 0 Å². The quantitative estimate of drug-likeness (QED) is 0.841. The summed E-state index contributed by atoms with van der Waals surface area (Å²) in [4.78, 5) is 22.6. The third kappa shape index (κ3) is 1.46. The number of carbonyl (C=O) groups is 1. The Kier molecular flexibility index (Phi) is 2.34. The molecule has 7 heteroatoms. The van der Waals surface area contributed by atoms with Gasteiger partial charge in [-0.25, -0.2) is 0 Å². The van der Waals surface area contributed by atoms with Crippen molar-refractivity contribution in [2.75, 3.05) is 0 Å². The monoisotopic (exact) mass is 278 g/mol. The van der Waals surface area contributed by atoms with Gasteiger partial charge < -0.3 is 5.32 Å². The fourth-order valence-electron chi connectivity index (χ4n) is 1.41. The van der Waals surface area contributed by atoms with Crippen LogP contribution in [-0.4, -0.2) is 10.5 Å². The van der Waals surface area contributed by atoms with Crippen LogP contribution < -0.4 is 10.9 Å². The van der Waals surface area contributed by atoms with Crippen molar-refractivity contribution >= 4 is 21.8 Å². The summed E-state index contributed by atoms with van der Waals surface area (Å²) >= 11 is 2.92. The lowest BCUT2D eigenvalue weighted by Gasteiger charge is -2.07. The van der Waals surface area contributed by atoms with Crippen LogP contribution in [0.1, 0.15) is 22.5 Å². The van der Waals surface area contributed by atoms with E-state index in [1.807, 2.05) is 0 Å². The van der Waals surface area contributed by atoms with Gasteiger partial charge in [-0.1, -0.05) is 0 Å². The molecule has 80 valence electrons. The molecule has 1 aliphatic rings. The molecule has 1 aliphatic heterocycles. The van der Waals surface area contributed by atoms with Crippen LogP contribution in [0.5, 0.6) is 0 Å². The molecule has 0 atom stereocenters. The highest BCUT2D eigenvalue weighted by atomic mass is 79.9. The standard InChI is InChI=1S/C8H5BrF2N2O2/c9-5-3-1-12-6(14)4(3)2-13(7(5)15)8(10)11/h2,8H,1H2,(H,12,14). The van der Waals surface area contributed by atoms with Crippen molar-refractivity contribution in [2.45, 2.75) is 13.1 Å². The van der Waals surface area contributed by atoms with Crippen LogP contribution >= 0.6 is 15.9 Å². The summed E-state index contributed by atoms with van der Waals surface area (Å²) in [6, 6.07) is 0. The van der Waals surface area contributed by atoms with E-state index in [0.29, 0.717) is 5.56 Å². The highest BCUT2D eigenvalue weighted by Crippen LogP contribution is 2.23. The minimum absolute atomic E-state index is 0.0126. The summed E-state index contributed by atoms with van der Waals surface area (Å²) < 4.78 is 25.1. The lowest BCUT2D eigenvalue weighted by molar-refractivity contribution is 0.0657. The molecular weight excluding hydrogens is 274 g/mol. The van der Waals surface area contributed by atoms with E-state index >= 15 is 0 Å². The molecule has 0 saturated heterocycles. The number of carbonyl (C=O) groups excluding carboxylic acids is 1. The Hall–Kier alpha value is -1.24. The molecule has 0 aliphatic carbocycles. The molecule has 4 nitrogen and oxygen atoms in total. The molecule has 0 saturated carbocycles. The molecule has 1 aromatic rings. The number of halogens is 3. The number of hydrogen-bond donors (Lipinski definition) is 1. The van der Waals surface area contributed by atoms with Gasteiger partial charge in [0.2, 0.25) is 0 Å². The fourth-order valence-corrected chi connectivity index (χ4v) is 1.97. The first kappa shape index (κ1) is 10.3. The number of nitrogens with one attached hydrogen (secondary N) is 1. The summed E-state index contributed by atoms with van der Waals surface area (Å²) in [5.41, 5.74) is -0.288. The largest absolute Gasteiger partial charge is 0.348 e. The zero-order valence-corrected chi connectivity index (χ0v) is 8.85. The highest BCUT2D eigenvalue weighted by molar-refractivity contribution is 9.10. The Morgan fingerprint density at radius 3 is 2.73 bits per heavy atom. The zero-order valence-electron chi connectivity index (χ0n) is 7.26. The second kappa shape index (κ2) is 3.41. The third-order valence-electron chi connectivity index (χ3n) is 2.16. The lowest BCUT2D eigenvalue weighted by atomic mass is 10.2. The number of amides is 1. The Balaban J connectivity index is 2.74. The maximum Gasteiger partial charge on any atom is 0.321 e. The van der Waals surface area contributed by atoms with E-state index in [-0.39, 0.29) is 21.1 Å². The lowest BCUT2D eigenvalue weighted by Crippen LogP contribution is -2.23. The van der Waals surface area contributed by atoms with Crippen LogP contribution in [0.4, 0.5) is 8.78 Å². The topological polar surface area (TPSA) is 51.1 Å². The van der Waals surface area contributed by atoms with Gasteiger partial charge in [-0.05, 0) is 15.9 Å². The summed E-state index contributed by atoms with van der Waals surface area (Å²) in [5.74, 6) is -0.444. The van der Waals surface area contributed by atoms with Gasteiger partial charge in [0.1, 0.15) is 0 Å². The second-order valence-electron chi connectivity index (χ2n) is 3.01. The first-order valence-electron chi connectivity index (χ1n) is 4.02. The first-order valence-corrected chi connectivity index (χ1v) is 4.81. The van der Waals surface area contributed by atoms with E-state index in [2.05, 4.69) is 21.2 Å². The maximum atomic E-state index is 12.4. The maximum absolute atomic E-state index is 12.4. The number of pyridine rings is 1. The van der Waals surface area contributed by atoms with Gasteiger partial charge in [-0.15, -0.1) is 0 Å². The zero-order chi connectivity index (χ0) is 11.2. The minimum atomic E-state index is -2.95. The predicted molar refractivity (Wildman–Crippen MR) is 50.8 cm³/mol. The molecule has 0 aromatic carbocycles. The molecular formula is C8H5BrF2N2O2. The Labute approximate surface area is 91.0 Å². The number of fused-ring (bicyclic) bond motifs is 1. The van der Waals surface area contributed by atoms with E-state index in [1.165, 1.54) is 0 Å². The SMILES string of the molecule is O=C1NCc2c1cn(C(F)F)c(=O)c2Br. The molecule has 0 radical (unpaired) electrons. The van der Waals surface area contributed by atoms with E-state index in [4.69, 9.17) is 0 Å². The molecule has 2 heterocycles. The van der Waals surface area contributed by atoms with Gasteiger partial charge in [-0.3, -0.25) is 14.2 Å². The summed E-state index contributed by atoms with van der Waals surface area (Å²) in [7, 11) is 0. The van der Waals surface area contributed by atoms with Crippen LogP contribution in [0.25, 0.3) is 0 Å². The van der Waals surface area contributed by atoms with Crippen LogP contribution in [0.2, 0.25) is 0 Å². The number of alkyl halides is 2. The molecule has 0 unspecified atom stereocenters. The van der Waals surface area contributed by atoms with Crippen molar-refractivity contribution < 1.29 is 13.6 Å². The van der Waals surface area contributed by atoms with Crippen molar-refractivity contribution in [1.29, 1.82) is 0 Å². The van der Waals surface area contributed by atoms with Crippen molar-refractivity contribution in [3.8, 4) is 0 Å². The average Bonchev–Trinajstić information content (AvgIpc) is 2.53. The molecule has 0 bridgehead atoms. The molecule has 15 heavy (non-hydrogen) atoms. The van der Waals surface area contributed by atoms with Crippen molar-refractivity contribution in [3.63, 3.8) is 0 Å². The predicted octanol–water partition coefficient (Wildman–Crippen LogP) is 1.25. The highest BCUT2D eigenvalue weighted by Gasteiger charge is 2.26. The average molecular weight is 279 g/mol. The van der Waals surface area contributed by atoms with Gasteiger partial charge in [0.25, 0.3) is 11.5 Å². The summed E-state index contributed by atoms with van der Waals surface area (Å²) in [6.45, 7) is -2.76. The van der Waals surface area contributed by atoms with Gasteiger partial charge in [-0.2, -0.15) is 8.78 Å². The molecule has 2 rings (SSSR count). The molecule has 0 fully saturated rings. The number of nitrogens with zero attached hydrogens (tertiary/aromatic N) is 1. The second-order valence-corrected chi connectivity index (χ2v) is 3.80. The van der Waals surface area contributed by atoms with E-state index < -0.39 is 18.0 Å². The summed E-state index contributed by atoms with van der Waals surface area (Å²) in [6.07, 6.45) is 0.884. The number of aromatic nitrogens is 1. The van der Waals surface area contributed by atoms with Crippen molar-refractivity contribution in [2.24, 2.45) is 0 Å². The number of hydrogen-bond acceptors (Lipinski definition) is 2. The van der Waals surface area contributed by atoms with E-state index in [9.17, 15) is 18.4 Å². The van der Waals surface area contributed by atoms with E-state index in [0.717, 1.165) is 6.20 Å². The van der Waals surface area contributed by atoms with Crippen LogP contribution in [0, 0.1) is 0 Å². The molecule has 1 aromatic heterocycles. The van der Waals surface area contributed by atoms with Gasteiger partial charge >= 0.3 is 6.55 Å².